The molecule has 1 aliphatic rings. The van der Waals surface area contributed by atoms with E-state index in [9.17, 15) is 9.59 Å². The maximum absolute atomic E-state index is 12.5. The van der Waals surface area contributed by atoms with E-state index in [-0.39, 0.29) is 12.5 Å². The summed E-state index contributed by atoms with van der Waals surface area (Å²) < 4.78 is 5.03. The van der Waals surface area contributed by atoms with Crippen LogP contribution in [0.2, 0.25) is 0 Å². The minimum Gasteiger partial charge on any atom is -0.481 e. The third-order valence-corrected chi connectivity index (χ3v) is 3.54. The number of hydrogen-bond acceptors (Lipinski definition) is 4. The Hall–Kier alpha value is -1.92. The Morgan fingerprint density at radius 3 is 2.71 bits per heavy atom. The van der Waals surface area contributed by atoms with Crippen LogP contribution in [0, 0.1) is 5.92 Å². The van der Waals surface area contributed by atoms with Crippen molar-refractivity contribution in [2.45, 2.75) is 6.61 Å². The number of nitrogens with one attached hydrogen (secondary N) is 1. The fourth-order valence-electron chi connectivity index (χ4n) is 2.35. The summed E-state index contributed by atoms with van der Waals surface area (Å²) in [5.41, 5.74) is 1.57. The van der Waals surface area contributed by atoms with Crippen molar-refractivity contribution in [3.05, 3.63) is 35.4 Å². The highest BCUT2D eigenvalue weighted by molar-refractivity contribution is 5.94. The van der Waals surface area contributed by atoms with Gasteiger partial charge in [-0.2, -0.15) is 0 Å². The van der Waals surface area contributed by atoms with Gasteiger partial charge in [-0.25, -0.2) is 0 Å². The predicted octanol–water partition coefficient (Wildman–Crippen LogP) is 0.579. The largest absolute Gasteiger partial charge is 0.481 e. The lowest BCUT2D eigenvalue weighted by atomic mass is 10.1. The van der Waals surface area contributed by atoms with Crippen molar-refractivity contribution in [3.63, 3.8) is 0 Å². The Labute approximate surface area is 123 Å². The molecule has 1 amide bonds. The highest BCUT2D eigenvalue weighted by Crippen LogP contribution is 2.12. The normalized spacial score (nSPS) is 19.1. The molecule has 2 rings (SSSR count). The van der Waals surface area contributed by atoms with Gasteiger partial charge in [-0.3, -0.25) is 9.59 Å². The fourth-order valence-corrected chi connectivity index (χ4v) is 2.35. The van der Waals surface area contributed by atoms with Crippen LogP contribution >= 0.6 is 0 Å². The smallest absolute Gasteiger partial charge is 0.309 e. The first-order valence-corrected chi connectivity index (χ1v) is 6.92. The molecule has 0 spiro atoms. The fraction of sp³-hybridized carbons (Fsp3) is 0.467. The molecule has 0 aromatic heterocycles. The molecule has 1 aromatic rings. The van der Waals surface area contributed by atoms with Gasteiger partial charge in [0, 0.05) is 38.9 Å². The maximum atomic E-state index is 12.5. The number of aliphatic carboxylic acids is 1. The Balaban J connectivity index is 2.08. The van der Waals surface area contributed by atoms with Crippen LogP contribution in [0.25, 0.3) is 0 Å². The Bertz CT molecular complexity index is 501. The quantitative estimate of drug-likeness (QED) is 0.848. The Kier molecular flexibility index (Phi) is 5.30. The van der Waals surface area contributed by atoms with Crippen LogP contribution in [0.4, 0.5) is 0 Å². The van der Waals surface area contributed by atoms with Crippen molar-refractivity contribution < 1.29 is 19.4 Å². The molecule has 114 valence electrons. The summed E-state index contributed by atoms with van der Waals surface area (Å²) in [5, 5.41) is 12.2. The summed E-state index contributed by atoms with van der Waals surface area (Å²) in [6, 6.07) is 7.21. The summed E-state index contributed by atoms with van der Waals surface area (Å²) in [6.07, 6.45) is 0. The van der Waals surface area contributed by atoms with Crippen LogP contribution in [0.5, 0.6) is 0 Å². The van der Waals surface area contributed by atoms with Crippen LogP contribution < -0.4 is 5.32 Å². The maximum Gasteiger partial charge on any atom is 0.309 e. The lowest BCUT2D eigenvalue weighted by Crippen LogP contribution is -2.38. The van der Waals surface area contributed by atoms with E-state index < -0.39 is 11.9 Å². The van der Waals surface area contributed by atoms with Crippen molar-refractivity contribution >= 4 is 11.9 Å². The van der Waals surface area contributed by atoms with Crippen molar-refractivity contribution in [3.8, 4) is 0 Å². The summed E-state index contributed by atoms with van der Waals surface area (Å²) in [4.78, 5) is 25.2. The van der Waals surface area contributed by atoms with E-state index in [4.69, 9.17) is 9.84 Å². The van der Waals surface area contributed by atoms with Crippen molar-refractivity contribution in [1.82, 2.24) is 10.2 Å². The van der Waals surface area contributed by atoms with Crippen LogP contribution in [0.1, 0.15) is 15.9 Å². The van der Waals surface area contributed by atoms with Gasteiger partial charge in [0.25, 0.3) is 5.91 Å². The van der Waals surface area contributed by atoms with Gasteiger partial charge in [0.15, 0.2) is 0 Å². The molecule has 6 nitrogen and oxygen atoms in total. The van der Waals surface area contributed by atoms with Gasteiger partial charge in [-0.05, 0) is 17.7 Å². The topological polar surface area (TPSA) is 78.9 Å². The highest BCUT2D eigenvalue weighted by Gasteiger charge is 2.26. The zero-order valence-corrected chi connectivity index (χ0v) is 12.0. The van der Waals surface area contributed by atoms with Gasteiger partial charge < -0.3 is 20.1 Å². The van der Waals surface area contributed by atoms with E-state index in [1.165, 1.54) is 0 Å². The second-order valence-corrected chi connectivity index (χ2v) is 5.12. The van der Waals surface area contributed by atoms with E-state index in [1.807, 2.05) is 12.1 Å². The molecule has 0 aliphatic carbocycles. The lowest BCUT2D eigenvalue weighted by Gasteiger charge is -2.22. The molecule has 1 atom stereocenters. The number of rotatable bonds is 4. The number of carboxylic acids is 1. The molecule has 2 N–H and O–H groups in total. The van der Waals surface area contributed by atoms with E-state index in [0.717, 1.165) is 5.56 Å². The molecular formula is C15H20N2O4. The monoisotopic (exact) mass is 292 g/mol. The van der Waals surface area contributed by atoms with Gasteiger partial charge in [0.2, 0.25) is 0 Å². The number of carboxylic acid groups (broad SMARTS) is 1. The molecule has 21 heavy (non-hydrogen) atoms. The van der Waals surface area contributed by atoms with E-state index >= 15 is 0 Å². The molecule has 0 bridgehead atoms. The number of hydrogen-bond donors (Lipinski definition) is 2. The number of carbonyl (C=O) groups excluding carboxylic acids is 1. The van der Waals surface area contributed by atoms with Crippen LogP contribution in [-0.2, 0) is 16.1 Å². The van der Waals surface area contributed by atoms with Crippen LogP contribution in [-0.4, -0.2) is 55.2 Å². The number of methoxy groups -OCH3 is 1. The summed E-state index contributed by atoms with van der Waals surface area (Å²) >= 11 is 0. The zero-order chi connectivity index (χ0) is 15.2. The number of carbonyl (C=O) groups is 2. The number of benzene rings is 1. The molecule has 0 unspecified atom stereocenters. The second kappa shape index (κ2) is 7.19. The SMILES string of the molecule is COCc1ccc(C(=O)N2CCNC[C@@H](C(=O)O)C2)cc1. The molecule has 1 heterocycles. The standard InChI is InChI=1S/C15H20N2O4/c1-21-10-11-2-4-12(5-3-11)14(18)17-7-6-16-8-13(9-17)15(19)20/h2-5,13,16H,6-10H2,1H3,(H,19,20)/t13-/m1/s1. The van der Waals surface area contributed by atoms with E-state index in [0.29, 0.717) is 31.8 Å². The van der Waals surface area contributed by atoms with Crippen LogP contribution in [0.3, 0.4) is 0 Å². The molecule has 0 saturated carbocycles. The second-order valence-electron chi connectivity index (χ2n) is 5.12. The number of amides is 1. The number of nitrogens with zero attached hydrogens (tertiary/aromatic N) is 1. The molecule has 0 radical (unpaired) electrons. The van der Waals surface area contributed by atoms with Gasteiger partial charge in [0.05, 0.1) is 12.5 Å². The Morgan fingerprint density at radius 1 is 1.38 bits per heavy atom. The summed E-state index contributed by atoms with van der Waals surface area (Å²) in [7, 11) is 1.62. The number of ether oxygens (including phenoxy) is 1. The Morgan fingerprint density at radius 2 is 2.10 bits per heavy atom. The average molecular weight is 292 g/mol. The van der Waals surface area contributed by atoms with Gasteiger partial charge in [-0.1, -0.05) is 12.1 Å². The van der Waals surface area contributed by atoms with Gasteiger partial charge in [-0.15, -0.1) is 0 Å². The summed E-state index contributed by atoms with van der Waals surface area (Å²) in [5.74, 6) is -1.57. The predicted molar refractivity (Wildman–Crippen MR) is 77.1 cm³/mol. The third-order valence-electron chi connectivity index (χ3n) is 3.54. The average Bonchev–Trinajstić information content (AvgIpc) is 2.74. The van der Waals surface area contributed by atoms with Gasteiger partial charge >= 0.3 is 5.97 Å². The minimum atomic E-state index is -0.877. The molecule has 1 saturated heterocycles. The van der Waals surface area contributed by atoms with Crippen LogP contribution in [0.15, 0.2) is 24.3 Å². The summed E-state index contributed by atoms with van der Waals surface area (Å²) in [6.45, 7) is 2.26. The lowest BCUT2D eigenvalue weighted by molar-refractivity contribution is -0.141. The van der Waals surface area contributed by atoms with Crippen molar-refractivity contribution in [2.75, 3.05) is 33.3 Å². The van der Waals surface area contributed by atoms with Gasteiger partial charge in [0.1, 0.15) is 0 Å². The molecule has 1 fully saturated rings. The molecule has 1 aromatic carbocycles. The van der Waals surface area contributed by atoms with E-state index in [1.54, 1.807) is 24.1 Å². The third kappa shape index (κ3) is 4.03. The zero-order valence-electron chi connectivity index (χ0n) is 12.0. The van der Waals surface area contributed by atoms with Crippen molar-refractivity contribution in [1.29, 1.82) is 0 Å². The van der Waals surface area contributed by atoms with E-state index in [2.05, 4.69) is 5.32 Å². The van der Waals surface area contributed by atoms with Crippen molar-refractivity contribution in [2.24, 2.45) is 5.92 Å². The molecular weight excluding hydrogens is 272 g/mol. The molecule has 1 aliphatic heterocycles. The molecule has 6 heteroatoms. The first-order valence-electron chi connectivity index (χ1n) is 6.92. The minimum absolute atomic E-state index is 0.131. The first kappa shape index (κ1) is 15.5. The highest BCUT2D eigenvalue weighted by atomic mass is 16.5. The first-order chi connectivity index (χ1) is 10.1.